The third-order valence-corrected chi connectivity index (χ3v) is 2.96. The number of halogens is 1. The summed E-state index contributed by atoms with van der Waals surface area (Å²) in [5.74, 6) is -0.386. The van der Waals surface area contributed by atoms with E-state index in [2.05, 4.69) is 11.8 Å². The maximum absolute atomic E-state index is 13.7. The zero-order chi connectivity index (χ0) is 13.5. The van der Waals surface area contributed by atoms with Gasteiger partial charge in [0.2, 0.25) is 0 Å². The Balaban J connectivity index is 2.56. The molecule has 18 heavy (non-hydrogen) atoms. The molecule has 0 bridgehead atoms. The van der Waals surface area contributed by atoms with E-state index in [9.17, 15) is 4.39 Å². The zero-order valence-electron chi connectivity index (χ0n) is 11.1. The van der Waals surface area contributed by atoms with Crippen LogP contribution < -0.4 is 5.46 Å². The predicted octanol–water partition coefficient (Wildman–Crippen LogP) is 1.13. The van der Waals surface area contributed by atoms with Crippen LogP contribution in [0, 0.1) is 5.82 Å². The molecule has 0 atom stereocenters. The van der Waals surface area contributed by atoms with Gasteiger partial charge in [-0.3, -0.25) is 0 Å². The molecule has 100 valence electrons. The molecule has 0 amide bonds. The van der Waals surface area contributed by atoms with Crippen molar-refractivity contribution >= 4 is 12.6 Å². The second kappa shape index (κ2) is 7.51. The third-order valence-electron chi connectivity index (χ3n) is 2.96. The van der Waals surface area contributed by atoms with E-state index in [0.717, 1.165) is 13.0 Å². The highest BCUT2D eigenvalue weighted by molar-refractivity contribution is 6.58. The molecule has 0 fully saturated rings. The zero-order valence-corrected chi connectivity index (χ0v) is 11.1. The summed E-state index contributed by atoms with van der Waals surface area (Å²) in [6.45, 7) is 3.63. The minimum absolute atomic E-state index is 0.185. The molecule has 3 nitrogen and oxygen atoms in total. The van der Waals surface area contributed by atoms with E-state index in [0.29, 0.717) is 12.1 Å². The van der Waals surface area contributed by atoms with Crippen molar-refractivity contribution in [2.75, 3.05) is 13.6 Å². The van der Waals surface area contributed by atoms with E-state index in [1.807, 2.05) is 7.05 Å². The summed E-state index contributed by atoms with van der Waals surface area (Å²) in [7, 11) is 0.347. The molecule has 0 aliphatic heterocycles. The molecule has 0 spiro atoms. The average Bonchev–Trinajstić information content (AvgIpc) is 2.32. The second-order valence-electron chi connectivity index (χ2n) is 4.67. The van der Waals surface area contributed by atoms with Crippen LogP contribution >= 0.6 is 0 Å². The Kier molecular flexibility index (Phi) is 6.32. The number of nitrogens with zero attached hydrogens (tertiary/aromatic N) is 1. The van der Waals surface area contributed by atoms with Gasteiger partial charge in [-0.05, 0) is 31.5 Å². The Bertz CT molecular complexity index is 374. The first-order valence-electron chi connectivity index (χ1n) is 6.37. The Morgan fingerprint density at radius 2 is 2.00 bits per heavy atom. The monoisotopic (exact) mass is 253 g/mol. The Hall–Kier alpha value is -0.905. The summed E-state index contributed by atoms with van der Waals surface area (Å²) in [4.78, 5) is 2.07. The maximum atomic E-state index is 13.7. The Labute approximate surface area is 108 Å². The lowest BCUT2D eigenvalue weighted by atomic mass is 9.80. The summed E-state index contributed by atoms with van der Waals surface area (Å²) in [6, 6.07) is 4.34. The lowest BCUT2D eigenvalue weighted by molar-refractivity contribution is 0.313. The normalized spacial score (nSPS) is 11.0. The first kappa shape index (κ1) is 15.2. The molecule has 0 unspecified atom stereocenters. The van der Waals surface area contributed by atoms with Gasteiger partial charge in [0.05, 0.1) is 0 Å². The number of rotatable bonds is 7. The van der Waals surface area contributed by atoms with Crippen LogP contribution in [0.5, 0.6) is 0 Å². The van der Waals surface area contributed by atoms with Gasteiger partial charge in [0, 0.05) is 12.1 Å². The molecule has 0 aromatic heterocycles. The first-order chi connectivity index (χ1) is 8.54. The SMILES string of the molecule is CCCCCN(C)Cc1ccc(B(O)O)cc1F. The number of unbranched alkanes of at least 4 members (excludes halogenated alkanes) is 2. The second-order valence-corrected chi connectivity index (χ2v) is 4.67. The van der Waals surface area contributed by atoms with Crippen LogP contribution in [0.1, 0.15) is 31.7 Å². The molecule has 1 aromatic carbocycles. The van der Waals surface area contributed by atoms with Crippen molar-refractivity contribution in [2.24, 2.45) is 0 Å². The van der Waals surface area contributed by atoms with Crippen LogP contribution in [0.2, 0.25) is 0 Å². The van der Waals surface area contributed by atoms with Crippen molar-refractivity contribution in [2.45, 2.75) is 32.7 Å². The minimum atomic E-state index is -1.61. The van der Waals surface area contributed by atoms with Crippen LogP contribution in [-0.4, -0.2) is 35.7 Å². The van der Waals surface area contributed by atoms with Crippen molar-refractivity contribution < 1.29 is 14.4 Å². The van der Waals surface area contributed by atoms with Gasteiger partial charge >= 0.3 is 7.12 Å². The fourth-order valence-corrected chi connectivity index (χ4v) is 1.85. The summed E-state index contributed by atoms with van der Waals surface area (Å²) < 4.78 is 13.7. The molecule has 2 N–H and O–H groups in total. The number of hydrogen-bond donors (Lipinski definition) is 2. The molecule has 0 heterocycles. The molecular formula is C13H21BFNO2. The topological polar surface area (TPSA) is 43.7 Å². The molecule has 0 radical (unpaired) electrons. The van der Waals surface area contributed by atoms with E-state index < -0.39 is 7.12 Å². The maximum Gasteiger partial charge on any atom is 0.488 e. The summed E-state index contributed by atoms with van der Waals surface area (Å²) in [5.41, 5.74) is 0.767. The van der Waals surface area contributed by atoms with E-state index in [1.54, 1.807) is 12.1 Å². The molecule has 1 aromatic rings. The molecule has 5 heteroatoms. The van der Waals surface area contributed by atoms with E-state index >= 15 is 0 Å². The molecular weight excluding hydrogens is 232 g/mol. The van der Waals surface area contributed by atoms with Crippen LogP contribution in [0.3, 0.4) is 0 Å². The highest BCUT2D eigenvalue weighted by atomic mass is 19.1. The van der Waals surface area contributed by atoms with E-state index in [4.69, 9.17) is 10.0 Å². The highest BCUT2D eigenvalue weighted by Gasteiger charge is 2.14. The average molecular weight is 253 g/mol. The standard InChI is InChI=1S/C13H21BFNO2/c1-3-4-5-8-16(2)10-11-6-7-12(14(17)18)9-13(11)15/h6-7,9,17-18H,3-5,8,10H2,1-2H3. The summed E-state index contributed by atoms with van der Waals surface area (Å²) in [6.07, 6.45) is 3.47. The largest absolute Gasteiger partial charge is 0.488 e. The van der Waals surface area contributed by atoms with Crippen molar-refractivity contribution in [3.8, 4) is 0 Å². The summed E-state index contributed by atoms with van der Waals surface area (Å²) >= 11 is 0. The van der Waals surface area contributed by atoms with Gasteiger partial charge in [-0.2, -0.15) is 0 Å². The van der Waals surface area contributed by atoms with E-state index in [-0.39, 0.29) is 11.3 Å². The van der Waals surface area contributed by atoms with Crippen molar-refractivity contribution in [1.29, 1.82) is 0 Å². The lowest BCUT2D eigenvalue weighted by Crippen LogP contribution is -2.30. The van der Waals surface area contributed by atoms with Crippen LogP contribution in [0.4, 0.5) is 4.39 Å². The van der Waals surface area contributed by atoms with Gasteiger partial charge in [-0.1, -0.05) is 31.9 Å². The van der Waals surface area contributed by atoms with Crippen LogP contribution in [0.15, 0.2) is 18.2 Å². The fraction of sp³-hybridized carbons (Fsp3) is 0.538. The lowest BCUT2D eigenvalue weighted by Gasteiger charge is -2.17. The predicted molar refractivity (Wildman–Crippen MR) is 72.1 cm³/mol. The fourth-order valence-electron chi connectivity index (χ4n) is 1.85. The van der Waals surface area contributed by atoms with Crippen molar-refractivity contribution in [3.05, 3.63) is 29.6 Å². The van der Waals surface area contributed by atoms with Crippen molar-refractivity contribution in [1.82, 2.24) is 4.90 Å². The quantitative estimate of drug-likeness (QED) is 0.565. The third kappa shape index (κ3) is 4.76. The number of benzene rings is 1. The van der Waals surface area contributed by atoms with Crippen LogP contribution in [-0.2, 0) is 6.54 Å². The molecule has 1 rings (SSSR count). The Morgan fingerprint density at radius 1 is 1.28 bits per heavy atom. The molecule has 0 aliphatic carbocycles. The van der Waals surface area contributed by atoms with Gasteiger partial charge in [-0.15, -0.1) is 0 Å². The van der Waals surface area contributed by atoms with Gasteiger partial charge in [-0.25, -0.2) is 4.39 Å². The minimum Gasteiger partial charge on any atom is -0.423 e. The van der Waals surface area contributed by atoms with E-state index in [1.165, 1.54) is 18.9 Å². The van der Waals surface area contributed by atoms with Gasteiger partial charge in [0.15, 0.2) is 0 Å². The van der Waals surface area contributed by atoms with Gasteiger partial charge < -0.3 is 14.9 Å². The number of hydrogen-bond acceptors (Lipinski definition) is 3. The van der Waals surface area contributed by atoms with Gasteiger partial charge in [0.1, 0.15) is 5.82 Å². The van der Waals surface area contributed by atoms with Crippen LogP contribution in [0.25, 0.3) is 0 Å². The smallest absolute Gasteiger partial charge is 0.423 e. The van der Waals surface area contributed by atoms with Gasteiger partial charge in [0.25, 0.3) is 0 Å². The first-order valence-corrected chi connectivity index (χ1v) is 6.37. The molecule has 0 saturated heterocycles. The highest BCUT2D eigenvalue weighted by Crippen LogP contribution is 2.09. The molecule has 0 aliphatic rings. The van der Waals surface area contributed by atoms with Crippen molar-refractivity contribution in [3.63, 3.8) is 0 Å². The Morgan fingerprint density at radius 3 is 2.56 bits per heavy atom. The summed E-state index contributed by atoms with van der Waals surface area (Å²) in [5, 5.41) is 17.9. The molecule has 0 saturated carbocycles.